The Morgan fingerprint density at radius 1 is 1.26 bits per heavy atom. The van der Waals surface area contributed by atoms with E-state index in [0.717, 1.165) is 21.9 Å². The number of hydrogen-bond donors (Lipinski definition) is 3. The van der Waals surface area contributed by atoms with E-state index in [1.54, 1.807) is 18.2 Å². The molecule has 1 aliphatic heterocycles. The highest BCUT2D eigenvalue weighted by Crippen LogP contribution is 2.28. The molecule has 3 rings (SSSR count). The quantitative estimate of drug-likeness (QED) is 0.732. The SMILES string of the molecule is Cc1ccc(C(=O)Nc2nc(=O)n([C@@H]3O[C@H](C)[C@@H](O)[C@H]3O)cc2F)cc1C. The van der Waals surface area contributed by atoms with Crippen molar-refractivity contribution in [2.45, 2.75) is 45.3 Å². The second kappa shape index (κ2) is 7.18. The molecule has 3 N–H and O–H groups in total. The van der Waals surface area contributed by atoms with Crippen molar-refractivity contribution >= 4 is 11.7 Å². The van der Waals surface area contributed by atoms with Crippen LogP contribution in [-0.4, -0.2) is 44.0 Å². The molecule has 0 radical (unpaired) electrons. The minimum Gasteiger partial charge on any atom is -0.388 e. The second-order valence-corrected chi connectivity index (χ2v) is 6.59. The highest BCUT2D eigenvalue weighted by Gasteiger charge is 2.42. The number of benzene rings is 1. The summed E-state index contributed by atoms with van der Waals surface area (Å²) in [5.41, 5.74) is 1.27. The molecule has 144 valence electrons. The van der Waals surface area contributed by atoms with Crippen LogP contribution < -0.4 is 11.0 Å². The Kier molecular flexibility index (Phi) is 5.09. The van der Waals surface area contributed by atoms with Gasteiger partial charge in [-0.3, -0.25) is 9.36 Å². The van der Waals surface area contributed by atoms with Gasteiger partial charge in [-0.05, 0) is 44.0 Å². The molecule has 0 saturated carbocycles. The summed E-state index contributed by atoms with van der Waals surface area (Å²) >= 11 is 0. The van der Waals surface area contributed by atoms with Crippen LogP contribution in [0.15, 0.2) is 29.2 Å². The third kappa shape index (κ3) is 3.61. The summed E-state index contributed by atoms with van der Waals surface area (Å²) in [7, 11) is 0. The normalized spacial score (nSPS) is 24.8. The molecule has 1 fully saturated rings. The molecule has 27 heavy (non-hydrogen) atoms. The zero-order valence-electron chi connectivity index (χ0n) is 15.0. The number of amides is 1. The maximum Gasteiger partial charge on any atom is 0.351 e. The Balaban J connectivity index is 1.86. The second-order valence-electron chi connectivity index (χ2n) is 6.59. The van der Waals surface area contributed by atoms with E-state index in [-0.39, 0.29) is 0 Å². The molecule has 2 heterocycles. The first-order valence-electron chi connectivity index (χ1n) is 8.38. The lowest BCUT2D eigenvalue weighted by Crippen LogP contribution is -2.36. The smallest absolute Gasteiger partial charge is 0.351 e. The standard InChI is InChI=1S/C18H20FN3O5/c1-8-4-5-11(6-9(8)2)16(25)20-15-12(19)7-22(18(26)21-15)17-14(24)13(23)10(3)27-17/h4-7,10,13-14,17,23-24H,1-3H3,(H,20,21,25,26)/t10-,13-,14-,17-/m1/s1. The summed E-state index contributed by atoms with van der Waals surface area (Å²) < 4.78 is 20.4. The Morgan fingerprint density at radius 3 is 2.56 bits per heavy atom. The first kappa shape index (κ1) is 19.2. The largest absolute Gasteiger partial charge is 0.388 e. The summed E-state index contributed by atoms with van der Waals surface area (Å²) in [6, 6.07) is 4.99. The molecule has 0 spiro atoms. The van der Waals surface area contributed by atoms with Gasteiger partial charge in [0.05, 0.1) is 12.3 Å². The Labute approximate surface area is 154 Å². The molecule has 1 aromatic carbocycles. The molecular weight excluding hydrogens is 357 g/mol. The molecule has 9 heteroatoms. The number of rotatable bonds is 3. The number of aliphatic hydroxyl groups excluding tert-OH is 2. The van der Waals surface area contributed by atoms with Crippen LogP contribution >= 0.6 is 0 Å². The average Bonchev–Trinajstić information content (AvgIpc) is 2.87. The molecule has 0 unspecified atom stereocenters. The summed E-state index contributed by atoms with van der Waals surface area (Å²) in [5, 5.41) is 22.0. The van der Waals surface area contributed by atoms with Gasteiger partial charge in [0.1, 0.15) is 12.2 Å². The minimum absolute atomic E-state index is 0.301. The molecule has 0 bridgehead atoms. The van der Waals surface area contributed by atoms with Crippen LogP contribution in [0.2, 0.25) is 0 Å². The van der Waals surface area contributed by atoms with Crippen molar-refractivity contribution < 1.29 is 24.1 Å². The number of nitrogens with one attached hydrogen (secondary N) is 1. The lowest BCUT2D eigenvalue weighted by atomic mass is 10.1. The molecule has 2 aromatic rings. The fourth-order valence-electron chi connectivity index (χ4n) is 2.83. The maximum absolute atomic E-state index is 14.4. The monoisotopic (exact) mass is 377 g/mol. The van der Waals surface area contributed by atoms with Crippen LogP contribution in [0, 0.1) is 19.7 Å². The van der Waals surface area contributed by atoms with Crippen LogP contribution in [0.1, 0.15) is 34.6 Å². The topological polar surface area (TPSA) is 114 Å². The van der Waals surface area contributed by atoms with Crippen molar-refractivity contribution in [2.24, 2.45) is 0 Å². The Morgan fingerprint density at radius 2 is 1.96 bits per heavy atom. The van der Waals surface area contributed by atoms with Gasteiger partial charge in [-0.1, -0.05) is 6.07 Å². The summed E-state index contributed by atoms with van der Waals surface area (Å²) in [5.74, 6) is -2.11. The molecule has 1 saturated heterocycles. The number of nitrogens with zero attached hydrogens (tertiary/aromatic N) is 2. The van der Waals surface area contributed by atoms with E-state index < -0.39 is 47.8 Å². The number of carbonyl (C=O) groups is 1. The van der Waals surface area contributed by atoms with Crippen LogP contribution in [0.5, 0.6) is 0 Å². The number of aromatic nitrogens is 2. The molecule has 1 amide bonds. The number of aliphatic hydroxyl groups is 2. The number of halogens is 1. The number of aryl methyl sites for hydroxylation is 2. The zero-order chi connectivity index (χ0) is 19.9. The predicted octanol–water partition coefficient (Wildman–Crippen LogP) is 0.891. The maximum atomic E-state index is 14.4. The van der Waals surface area contributed by atoms with E-state index in [2.05, 4.69) is 10.3 Å². The van der Waals surface area contributed by atoms with Crippen LogP contribution in [0.25, 0.3) is 0 Å². The Hall–Kier alpha value is -2.62. The number of ether oxygens (including phenoxy) is 1. The van der Waals surface area contributed by atoms with Crippen molar-refractivity contribution in [1.29, 1.82) is 0 Å². The van der Waals surface area contributed by atoms with Crippen molar-refractivity contribution in [3.63, 3.8) is 0 Å². The van der Waals surface area contributed by atoms with Gasteiger partial charge >= 0.3 is 5.69 Å². The number of carbonyl (C=O) groups excluding carboxylic acids is 1. The molecule has 8 nitrogen and oxygen atoms in total. The van der Waals surface area contributed by atoms with Gasteiger partial charge in [0.2, 0.25) is 0 Å². The fraction of sp³-hybridized carbons (Fsp3) is 0.389. The fourth-order valence-corrected chi connectivity index (χ4v) is 2.83. The highest BCUT2D eigenvalue weighted by atomic mass is 19.1. The van der Waals surface area contributed by atoms with E-state index in [9.17, 15) is 24.2 Å². The lowest BCUT2D eigenvalue weighted by Gasteiger charge is -2.17. The minimum atomic E-state index is -1.41. The van der Waals surface area contributed by atoms with Gasteiger partial charge in [0.15, 0.2) is 17.9 Å². The third-order valence-corrected chi connectivity index (χ3v) is 4.66. The highest BCUT2D eigenvalue weighted by molar-refractivity contribution is 6.03. The van der Waals surface area contributed by atoms with Crippen molar-refractivity contribution in [3.8, 4) is 0 Å². The van der Waals surface area contributed by atoms with Gasteiger partial charge in [0, 0.05) is 5.56 Å². The molecule has 1 aromatic heterocycles. The van der Waals surface area contributed by atoms with Crippen molar-refractivity contribution in [2.75, 3.05) is 5.32 Å². The summed E-state index contributed by atoms with van der Waals surface area (Å²) in [6.45, 7) is 5.25. The van der Waals surface area contributed by atoms with Crippen LogP contribution in [0.4, 0.5) is 10.2 Å². The van der Waals surface area contributed by atoms with Gasteiger partial charge in [-0.25, -0.2) is 9.18 Å². The lowest BCUT2D eigenvalue weighted by molar-refractivity contribution is -0.0355. The third-order valence-electron chi connectivity index (χ3n) is 4.66. The summed E-state index contributed by atoms with van der Waals surface area (Å²) in [4.78, 5) is 28.0. The van der Waals surface area contributed by atoms with E-state index >= 15 is 0 Å². The van der Waals surface area contributed by atoms with Crippen LogP contribution in [-0.2, 0) is 4.74 Å². The molecule has 4 atom stereocenters. The molecule has 1 aliphatic rings. The molecule has 0 aliphatic carbocycles. The van der Waals surface area contributed by atoms with E-state index in [1.807, 2.05) is 13.8 Å². The van der Waals surface area contributed by atoms with Gasteiger partial charge in [-0.2, -0.15) is 4.98 Å². The zero-order valence-corrected chi connectivity index (χ0v) is 15.0. The first-order valence-corrected chi connectivity index (χ1v) is 8.38. The average molecular weight is 377 g/mol. The summed E-state index contributed by atoms with van der Waals surface area (Å²) in [6.07, 6.45) is -3.84. The van der Waals surface area contributed by atoms with E-state index in [4.69, 9.17) is 4.74 Å². The molecular formula is C18H20FN3O5. The van der Waals surface area contributed by atoms with Crippen molar-refractivity contribution in [3.05, 3.63) is 57.4 Å². The Bertz CT molecular complexity index is 945. The van der Waals surface area contributed by atoms with Crippen molar-refractivity contribution in [1.82, 2.24) is 9.55 Å². The predicted molar refractivity (Wildman–Crippen MR) is 93.9 cm³/mol. The number of anilines is 1. The first-order chi connectivity index (χ1) is 12.7. The van der Waals surface area contributed by atoms with E-state index in [1.165, 1.54) is 6.92 Å². The van der Waals surface area contributed by atoms with Crippen LogP contribution in [0.3, 0.4) is 0 Å². The number of hydrogen-bond acceptors (Lipinski definition) is 6. The van der Waals surface area contributed by atoms with Gasteiger partial charge in [0.25, 0.3) is 5.91 Å². The van der Waals surface area contributed by atoms with E-state index in [0.29, 0.717) is 5.56 Å². The van der Waals surface area contributed by atoms with Gasteiger partial charge in [-0.15, -0.1) is 0 Å². The van der Waals surface area contributed by atoms with Gasteiger partial charge < -0.3 is 20.3 Å².